The number of piperazine rings is 1. The van der Waals surface area contributed by atoms with Crippen molar-refractivity contribution in [3.8, 4) is 0 Å². The van der Waals surface area contributed by atoms with Crippen molar-refractivity contribution in [2.45, 2.75) is 32.9 Å². The van der Waals surface area contributed by atoms with Crippen molar-refractivity contribution >= 4 is 0 Å². The van der Waals surface area contributed by atoms with Crippen LogP contribution in [0.25, 0.3) is 0 Å². The van der Waals surface area contributed by atoms with Crippen LogP contribution >= 0.6 is 0 Å². The third kappa shape index (κ3) is 4.04. The lowest BCUT2D eigenvalue weighted by Gasteiger charge is -2.32. The lowest BCUT2D eigenvalue weighted by atomic mass is 10.1. The maximum Gasteiger partial charge on any atom is 0.0677 e. The van der Waals surface area contributed by atoms with E-state index < -0.39 is 0 Å². The van der Waals surface area contributed by atoms with Crippen molar-refractivity contribution in [3.05, 3.63) is 0 Å². The Hall–Kier alpha value is -0.120. The smallest absolute Gasteiger partial charge is 0.0677 e. The molecule has 1 heterocycles. The van der Waals surface area contributed by atoms with Gasteiger partial charge in [-0.2, -0.15) is 0 Å². The van der Waals surface area contributed by atoms with Crippen molar-refractivity contribution < 1.29 is 5.11 Å². The summed E-state index contributed by atoms with van der Waals surface area (Å²) in [5.74, 6) is 0. The van der Waals surface area contributed by atoms with E-state index in [0.717, 1.165) is 19.6 Å². The molecule has 0 spiro atoms. The van der Waals surface area contributed by atoms with Crippen molar-refractivity contribution in [2.24, 2.45) is 0 Å². The first kappa shape index (κ1) is 11.9. The predicted octanol–water partition coefficient (Wildman–Crippen LogP) is 0.297. The summed E-state index contributed by atoms with van der Waals surface area (Å²) in [4.78, 5) is 2.23. The van der Waals surface area contributed by atoms with Crippen LogP contribution in [0.15, 0.2) is 0 Å². The highest BCUT2D eigenvalue weighted by Crippen LogP contribution is 1.99. The number of nitrogens with one attached hydrogen (secondary N) is 1. The molecule has 0 aliphatic carbocycles. The maximum absolute atomic E-state index is 9.21. The van der Waals surface area contributed by atoms with Crippen LogP contribution < -0.4 is 5.32 Å². The number of likely N-dealkylation sites (N-methyl/N-ethyl adjacent to an activating group) is 1. The zero-order valence-corrected chi connectivity index (χ0v) is 8.67. The summed E-state index contributed by atoms with van der Waals surface area (Å²) in [5, 5.41) is 12.5. The first-order valence-corrected chi connectivity index (χ1v) is 4.80. The van der Waals surface area contributed by atoms with Crippen LogP contribution in [-0.4, -0.2) is 48.8 Å². The van der Waals surface area contributed by atoms with Crippen LogP contribution in [0.5, 0.6) is 0 Å². The largest absolute Gasteiger partial charge is 0.392 e. The number of aliphatic hydroxyl groups is 1. The van der Waals surface area contributed by atoms with E-state index in [-0.39, 0.29) is 12.1 Å². The number of aliphatic hydroxyl groups excluding tert-OH is 1. The highest BCUT2D eigenvalue weighted by molar-refractivity contribution is 4.80. The average molecular weight is 174 g/mol. The van der Waals surface area contributed by atoms with E-state index in [4.69, 9.17) is 0 Å². The monoisotopic (exact) mass is 174 g/mol. The van der Waals surface area contributed by atoms with Crippen LogP contribution in [0.4, 0.5) is 0 Å². The van der Waals surface area contributed by atoms with E-state index in [1.807, 2.05) is 20.8 Å². The predicted molar refractivity (Wildman–Crippen MR) is 52.3 cm³/mol. The molecule has 1 rings (SSSR count). The van der Waals surface area contributed by atoms with Gasteiger partial charge < -0.3 is 15.3 Å². The van der Waals surface area contributed by atoms with Gasteiger partial charge in [0.05, 0.1) is 6.10 Å². The van der Waals surface area contributed by atoms with Gasteiger partial charge in [-0.05, 0) is 14.0 Å². The van der Waals surface area contributed by atoms with Crippen molar-refractivity contribution in [3.63, 3.8) is 0 Å². The van der Waals surface area contributed by atoms with E-state index in [2.05, 4.69) is 17.3 Å². The molecule has 0 unspecified atom stereocenters. The molecule has 0 amide bonds. The van der Waals surface area contributed by atoms with Crippen LogP contribution in [0.2, 0.25) is 0 Å². The summed E-state index contributed by atoms with van der Waals surface area (Å²) in [6.45, 7) is 8.86. The van der Waals surface area contributed by atoms with Gasteiger partial charge >= 0.3 is 0 Å². The molecule has 1 aliphatic heterocycles. The minimum absolute atomic E-state index is 0.234. The van der Waals surface area contributed by atoms with Gasteiger partial charge in [0.1, 0.15) is 0 Å². The van der Waals surface area contributed by atoms with Gasteiger partial charge in [0.15, 0.2) is 0 Å². The molecule has 12 heavy (non-hydrogen) atoms. The average Bonchev–Trinajstić information content (AvgIpc) is 2.08. The standard InChI is InChI=1S/C7H16N2O.C2H6/c1-6(10)7-5-9(2)4-3-8-7;1-2/h6-8,10H,3-5H2,1-2H3;1-2H3/t6-,7-;/m0./s1. The zero-order chi connectivity index (χ0) is 9.56. The molecule has 2 atom stereocenters. The van der Waals surface area contributed by atoms with Gasteiger partial charge in [-0.3, -0.25) is 0 Å². The molecule has 2 N–H and O–H groups in total. The van der Waals surface area contributed by atoms with Gasteiger partial charge in [-0.15, -0.1) is 0 Å². The fourth-order valence-electron chi connectivity index (χ4n) is 1.26. The third-order valence-electron chi connectivity index (χ3n) is 1.99. The fraction of sp³-hybridized carbons (Fsp3) is 1.00. The number of hydrogen-bond donors (Lipinski definition) is 2. The second-order valence-corrected chi connectivity index (χ2v) is 3.06. The molecule has 3 heteroatoms. The Morgan fingerprint density at radius 2 is 2.08 bits per heavy atom. The fourth-order valence-corrected chi connectivity index (χ4v) is 1.26. The molecular weight excluding hydrogens is 152 g/mol. The molecular formula is C9H22N2O. The summed E-state index contributed by atoms with van der Waals surface area (Å²) in [6.07, 6.45) is -0.234. The molecule has 0 aromatic carbocycles. The Balaban J connectivity index is 0.000000561. The van der Waals surface area contributed by atoms with E-state index >= 15 is 0 Å². The third-order valence-corrected chi connectivity index (χ3v) is 1.99. The highest BCUT2D eigenvalue weighted by atomic mass is 16.3. The van der Waals surface area contributed by atoms with Crippen molar-refractivity contribution in [2.75, 3.05) is 26.7 Å². The molecule has 0 bridgehead atoms. The van der Waals surface area contributed by atoms with Crippen LogP contribution in [0.3, 0.4) is 0 Å². The molecule has 1 aliphatic rings. The van der Waals surface area contributed by atoms with Crippen molar-refractivity contribution in [1.82, 2.24) is 10.2 Å². The SMILES string of the molecule is CC.C[C@H](O)[C@@H]1CN(C)CCN1. The molecule has 1 saturated heterocycles. The van der Waals surface area contributed by atoms with E-state index in [9.17, 15) is 5.11 Å². The quantitative estimate of drug-likeness (QED) is 0.600. The Kier molecular flexibility index (Phi) is 6.34. The van der Waals surface area contributed by atoms with Gasteiger partial charge in [0.25, 0.3) is 0 Å². The maximum atomic E-state index is 9.21. The molecule has 74 valence electrons. The summed E-state index contributed by atoms with van der Waals surface area (Å²) >= 11 is 0. The first-order chi connectivity index (χ1) is 5.70. The van der Waals surface area contributed by atoms with Gasteiger partial charge in [-0.1, -0.05) is 13.8 Å². The topological polar surface area (TPSA) is 35.5 Å². The molecule has 0 aromatic rings. The van der Waals surface area contributed by atoms with E-state index in [1.54, 1.807) is 0 Å². The van der Waals surface area contributed by atoms with Crippen LogP contribution in [0, 0.1) is 0 Å². The normalized spacial score (nSPS) is 27.2. The van der Waals surface area contributed by atoms with Gasteiger partial charge in [0, 0.05) is 25.7 Å². The second kappa shape index (κ2) is 6.40. The molecule has 0 saturated carbocycles. The number of rotatable bonds is 1. The summed E-state index contributed by atoms with van der Waals surface area (Å²) in [5.41, 5.74) is 0. The number of nitrogens with zero attached hydrogens (tertiary/aromatic N) is 1. The van der Waals surface area contributed by atoms with Crippen LogP contribution in [0.1, 0.15) is 20.8 Å². The molecule has 3 nitrogen and oxygen atoms in total. The van der Waals surface area contributed by atoms with E-state index in [1.165, 1.54) is 0 Å². The Morgan fingerprint density at radius 1 is 1.50 bits per heavy atom. The zero-order valence-electron chi connectivity index (χ0n) is 8.67. The first-order valence-electron chi connectivity index (χ1n) is 4.80. The second-order valence-electron chi connectivity index (χ2n) is 3.06. The van der Waals surface area contributed by atoms with Crippen molar-refractivity contribution in [1.29, 1.82) is 0 Å². The lowest BCUT2D eigenvalue weighted by molar-refractivity contribution is 0.102. The number of hydrogen-bond acceptors (Lipinski definition) is 3. The van der Waals surface area contributed by atoms with Gasteiger partial charge in [-0.25, -0.2) is 0 Å². The summed E-state index contributed by atoms with van der Waals surface area (Å²) < 4.78 is 0. The Bertz CT molecular complexity index is 107. The molecule has 0 radical (unpaired) electrons. The van der Waals surface area contributed by atoms with Gasteiger partial charge in [0.2, 0.25) is 0 Å². The highest BCUT2D eigenvalue weighted by Gasteiger charge is 2.19. The minimum Gasteiger partial charge on any atom is -0.392 e. The lowest BCUT2D eigenvalue weighted by Crippen LogP contribution is -2.53. The Labute approximate surface area is 75.8 Å². The minimum atomic E-state index is -0.234. The van der Waals surface area contributed by atoms with Crippen LogP contribution in [-0.2, 0) is 0 Å². The molecule has 1 fully saturated rings. The van der Waals surface area contributed by atoms with E-state index in [0.29, 0.717) is 0 Å². The molecule has 0 aromatic heterocycles. The Morgan fingerprint density at radius 3 is 2.42 bits per heavy atom. The summed E-state index contributed by atoms with van der Waals surface area (Å²) in [6, 6.07) is 0.263. The summed E-state index contributed by atoms with van der Waals surface area (Å²) in [7, 11) is 2.08.